The summed E-state index contributed by atoms with van der Waals surface area (Å²) < 4.78 is 5.77. The van der Waals surface area contributed by atoms with Gasteiger partial charge in [0.25, 0.3) is 5.91 Å². The number of hydrogen-bond acceptors (Lipinski definition) is 4. The summed E-state index contributed by atoms with van der Waals surface area (Å²) in [6.45, 7) is 1.37. The van der Waals surface area contributed by atoms with Crippen LogP contribution in [0.1, 0.15) is 36.2 Å². The summed E-state index contributed by atoms with van der Waals surface area (Å²) >= 11 is 1.47. The Balaban J connectivity index is 1.79. The number of carbonyl (C=O) groups excluding carboxylic acids is 1. The van der Waals surface area contributed by atoms with E-state index in [1.165, 1.54) is 24.2 Å². The van der Waals surface area contributed by atoms with Crippen molar-refractivity contribution in [1.29, 1.82) is 0 Å². The summed E-state index contributed by atoms with van der Waals surface area (Å²) in [7, 11) is 0. The van der Waals surface area contributed by atoms with Crippen LogP contribution in [0.2, 0.25) is 0 Å². The molecule has 2 unspecified atom stereocenters. The van der Waals surface area contributed by atoms with E-state index in [-0.39, 0.29) is 18.1 Å². The molecule has 0 spiro atoms. The minimum Gasteiger partial charge on any atom is -0.374 e. The molecule has 1 aromatic heterocycles. The average Bonchev–Trinajstić information content (AvgIpc) is 2.91. The van der Waals surface area contributed by atoms with Crippen molar-refractivity contribution in [1.82, 2.24) is 9.88 Å². The second-order valence-corrected chi connectivity index (χ2v) is 5.35. The first kappa shape index (κ1) is 11.2. The summed E-state index contributed by atoms with van der Waals surface area (Å²) in [6.07, 6.45) is 4.83. The van der Waals surface area contributed by atoms with Crippen LogP contribution < -0.4 is 0 Å². The van der Waals surface area contributed by atoms with Crippen LogP contribution in [0.4, 0.5) is 0 Å². The van der Waals surface area contributed by atoms with Crippen LogP contribution >= 0.6 is 11.3 Å². The Labute approximate surface area is 105 Å². The molecular formula is C12H16N2O2S. The van der Waals surface area contributed by atoms with Crippen LogP contribution in [-0.4, -0.2) is 41.1 Å². The van der Waals surface area contributed by atoms with Gasteiger partial charge in [-0.15, -0.1) is 11.3 Å². The third-order valence-corrected chi connectivity index (χ3v) is 4.23. The smallest absolute Gasteiger partial charge is 0.273 e. The minimum atomic E-state index is 0.0754. The number of amides is 1. The van der Waals surface area contributed by atoms with Crippen LogP contribution in [0.5, 0.6) is 0 Å². The van der Waals surface area contributed by atoms with Gasteiger partial charge in [0.15, 0.2) is 0 Å². The number of thiazole rings is 1. The monoisotopic (exact) mass is 252 g/mol. The van der Waals surface area contributed by atoms with Gasteiger partial charge >= 0.3 is 0 Å². The van der Waals surface area contributed by atoms with Gasteiger partial charge in [-0.25, -0.2) is 4.98 Å². The van der Waals surface area contributed by atoms with Crippen molar-refractivity contribution in [3.63, 3.8) is 0 Å². The molecule has 0 radical (unpaired) electrons. The maximum Gasteiger partial charge on any atom is 0.273 e. The lowest BCUT2D eigenvalue weighted by molar-refractivity contribution is -0.0754. The number of morpholine rings is 1. The maximum atomic E-state index is 12.3. The highest BCUT2D eigenvalue weighted by molar-refractivity contribution is 7.07. The first-order chi connectivity index (χ1) is 8.36. The van der Waals surface area contributed by atoms with E-state index in [0.717, 1.165) is 12.8 Å². The SMILES string of the molecule is O=C(c1cscn1)N1CCOC2CCCCC21. The van der Waals surface area contributed by atoms with Gasteiger partial charge in [0.1, 0.15) is 5.69 Å². The largest absolute Gasteiger partial charge is 0.374 e. The number of carbonyl (C=O) groups is 1. The summed E-state index contributed by atoms with van der Waals surface area (Å²) in [5.41, 5.74) is 2.30. The van der Waals surface area contributed by atoms with E-state index >= 15 is 0 Å². The molecule has 1 aromatic rings. The number of fused-ring (bicyclic) bond motifs is 1. The van der Waals surface area contributed by atoms with Crippen LogP contribution in [0.15, 0.2) is 10.9 Å². The summed E-state index contributed by atoms with van der Waals surface area (Å²) in [4.78, 5) is 18.4. The fourth-order valence-electron chi connectivity index (χ4n) is 2.81. The van der Waals surface area contributed by atoms with Crippen LogP contribution in [0.3, 0.4) is 0 Å². The third kappa shape index (κ3) is 2.09. The molecule has 92 valence electrons. The summed E-state index contributed by atoms with van der Waals surface area (Å²) in [5.74, 6) is 0.0754. The number of hydrogen-bond donors (Lipinski definition) is 0. The molecule has 1 amide bonds. The van der Waals surface area contributed by atoms with Gasteiger partial charge in [-0.1, -0.05) is 12.8 Å². The van der Waals surface area contributed by atoms with Crippen molar-refractivity contribution in [2.24, 2.45) is 0 Å². The molecule has 1 saturated heterocycles. The van der Waals surface area contributed by atoms with Crippen LogP contribution in [0, 0.1) is 0 Å². The zero-order valence-electron chi connectivity index (χ0n) is 9.67. The second-order valence-electron chi connectivity index (χ2n) is 4.63. The molecule has 0 N–H and O–H groups in total. The summed E-state index contributed by atoms with van der Waals surface area (Å²) in [6, 6.07) is 0.270. The Kier molecular flexibility index (Phi) is 3.11. The molecule has 3 rings (SSSR count). The number of ether oxygens (including phenoxy) is 1. The van der Waals surface area contributed by atoms with Crippen molar-refractivity contribution in [3.05, 3.63) is 16.6 Å². The lowest BCUT2D eigenvalue weighted by Crippen LogP contribution is -2.54. The fourth-order valence-corrected chi connectivity index (χ4v) is 3.34. The van der Waals surface area contributed by atoms with E-state index in [1.807, 2.05) is 10.3 Å². The average molecular weight is 252 g/mol. The Morgan fingerprint density at radius 1 is 1.47 bits per heavy atom. The molecule has 5 heteroatoms. The van der Waals surface area contributed by atoms with Gasteiger partial charge in [0, 0.05) is 11.9 Å². The van der Waals surface area contributed by atoms with Crippen LogP contribution in [-0.2, 0) is 4.74 Å². The van der Waals surface area contributed by atoms with Gasteiger partial charge in [0.2, 0.25) is 0 Å². The molecule has 17 heavy (non-hydrogen) atoms. The normalized spacial score (nSPS) is 28.8. The van der Waals surface area contributed by atoms with Crippen molar-refractivity contribution in [2.45, 2.75) is 37.8 Å². The highest BCUT2D eigenvalue weighted by Gasteiger charge is 2.37. The highest BCUT2D eigenvalue weighted by atomic mass is 32.1. The lowest BCUT2D eigenvalue weighted by atomic mass is 9.90. The molecule has 2 aliphatic rings. The molecule has 2 fully saturated rings. The van der Waals surface area contributed by atoms with Crippen molar-refractivity contribution in [3.8, 4) is 0 Å². The Morgan fingerprint density at radius 2 is 2.35 bits per heavy atom. The molecule has 0 bridgehead atoms. The van der Waals surface area contributed by atoms with Gasteiger partial charge in [-0.05, 0) is 12.8 Å². The zero-order valence-corrected chi connectivity index (χ0v) is 10.5. The molecule has 1 aliphatic heterocycles. The molecule has 4 nitrogen and oxygen atoms in total. The van der Waals surface area contributed by atoms with E-state index in [4.69, 9.17) is 4.74 Å². The second kappa shape index (κ2) is 4.74. The first-order valence-corrected chi connectivity index (χ1v) is 7.11. The zero-order chi connectivity index (χ0) is 11.7. The van der Waals surface area contributed by atoms with E-state index < -0.39 is 0 Å². The first-order valence-electron chi connectivity index (χ1n) is 6.17. The molecular weight excluding hydrogens is 236 g/mol. The topological polar surface area (TPSA) is 42.4 Å². The maximum absolute atomic E-state index is 12.3. The lowest BCUT2D eigenvalue weighted by Gasteiger charge is -2.43. The molecule has 1 aliphatic carbocycles. The van der Waals surface area contributed by atoms with Crippen molar-refractivity contribution in [2.75, 3.05) is 13.2 Å². The van der Waals surface area contributed by atoms with E-state index in [9.17, 15) is 4.79 Å². The van der Waals surface area contributed by atoms with Crippen molar-refractivity contribution >= 4 is 17.2 Å². The molecule has 0 aromatic carbocycles. The van der Waals surface area contributed by atoms with Crippen LogP contribution in [0.25, 0.3) is 0 Å². The van der Waals surface area contributed by atoms with Gasteiger partial charge in [-0.3, -0.25) is 4.79 Å². The Morgan fingerprint density at radius 3 is 3.18 bits per heavy atom. The fraction of sp³-hybridized carbons (Fsp3) is 0.667. The van der Waals surface area contributed by atoms with Gasteiger partial charge in [-0.2, -0.15) is 0 Å². The van der Waals surface area contributed by atoms with E-state index in [2.05, 4.69) is 4.98 Å². The summed E-state index contributed by atoms with van der Waals surface area (Å²) in [5, 5.41) is 1.83. The van der Waals surface area contributed by atoms with Gasteiger partial charge < -0.3 is 9.64 Å². The molecule has 1 saturated carbocycles. The predicted molar refractivity (Wildman–Crippen MR) is 65.1 cm³/mol. The predicted octanol–water partition coefficient (Wildman–Crippen LogP) is 1.93. The number of rotatable bonds is 1. The van der Waals surface area contributed by atoms with E-state index in [0.29, 0.717) is 18.8 Å². The molecule has 2 heterocycles. The standard InChI is InChI=1S/C12H16N2O2S/c15-12(9-7-17-8-13-9)14-5-6-16-11-4-2-1-3-10(11)14/h7-8,10-11H,1-6H2. The number of aromatic nitrogens is 1. The molecule has 2 atom stereocenters. The number of nitrogens with zero attached hydrogens (tertiary/aromatic N) is 2. The highest BCUT2D eigenvalue weighted by Crippen LogP contribution is 2.29. The third-order valence-electron chi connectivity index (χ3n) is 3.64. The Hall–Kier alpha value is -0.940. The Bertz CT molecular complexity index is 391. The quantitative estimate of drug-likeness (QED) is 0.767. The van der Waals surface area contributed by atoms with E-state index in [1.54, 1.807) is 5.51 Å². The van der Waals surface area contributed by atoms with Crippen molar-refractivity contribution < 1.29 is 9.53 Å². The van der Waals surface area contributed by atoms with Gasteiger partial charge in [0.05, 0.1) is 24.3 Å². The minimum absolute atomic E-state index is 0.0754.